The number of carbonyl (C=O) groups excluding carboxylic acids is 3. The summed E-state index contributed by atoms with van der Waals surface area (Å²) in [6.07, 6.45) is 29.0. The molecule has 3 saturated carbocycles. The Bertz CT molecular complexity index is 1210. The lowest BCUT2D eigenvalue weighted by atomic mass is 9.47. The van der Waals surface area contributed by atoms with Crippen LogP contribution in [0.25, 0.3) is 0 Å². The Morgan fingerprint density at radius 1 is 0.764 bits per heavy atom. The molecule has 3 fully saturated rings. The fourth-order valence-corrected chi connectivity index (χ4v) is 11.8. The normalized spacial score (nSPS) is 29.7. The van der Waals surface area contributed by atoms with E-state index < -0.39 is 12.1 Å². The highest BCUT2D eigenvalue weighted by Gasteiger charge is 2.59. The molecule has 316 valence electrons. The molecule has 4 aliphatic carbocycles. The first-order chi connectivity index (χ1) is 26.4. The van der Waals surface area contributed by atoms with Crippen LogP contribution in [0.3, 0.4) is 0 Å². The lowest BCUT2D eigenvalue weighted by Crippen LogP contribution is -2.51. The molecule has 1 unspecified atom stereocenters. The van der Waals surface area contributed by atoms with E-state index in [2.05, 4.69) is 47.6 Å². The fourth-order valence-electron chi connectivity index (χ4n) is 11.8. The monoisotopic (exact) mass is 770 g/mol. The maximum Gasteiger partial charge on any atom is 0.306 e. The summed E-state index contributed by atoms with van der Waals surface area (Å²) in [5, 5.41) is 0. The van der Waals surface area contributed by atoms with Crippen LogP contribution in [0.2, 0.25) is 0 Å². The molecule has 7 heteroatoms. The van der Waals surface area contributed by atoms with E-state index in [0.29, 0.717) is 11.8 Å². The van der Waals surface area contributed by atoms with Crippen molar-refractivity contribution in [3.8, 4) is 0 Å². The standard InChI is InChI=1S/C48H83NO6/c1-7-8-9-10-11-12-13-14-15-16-17-21-45(51)55-39(33-49)34-53-44(50)26-27-46(52)54-38-28-30-47(5)37(32-38)22-23-40-42-25-24-41(36(4)20-18-19-35(2)3)48(42,6)31-29-43(40)47/h22,35-36,38-43H,7-21,23-34,49H2,1-6H3/t36-,38+,39?,40+,41-,42+,43+,47+,48-/m1/s1. The van der Waals surface area contributed by atoms with Gasteiger partial charge in [0.2, 0.25) is 0 Å². The number of carbonyl (C=O) groups is 3. The molecule has 2 N–H and O–H groups in total. The van der Waals surface area contributed by atoms with Gasteiger partial charge in [0.05, 0.1) is 12.8 Å². The molecule has 0 aromatic rings. The van der Waals surface area contributed by atoms with Crippen LogP contribution in [0.4, 0.5) is 0 Å². The average Bonchev–Trinajstić information content (AvgIpc) is 3.52. The Hall–Kier alpha value is -1.89. The van der Waals surface area contributed by atoms with Crippen LogP contribution >= 0.6 is 0 Å². The lowest BCUT2D eigenvalue weighted by Gasteiger charge is -2.58. The highest BCUT2D eigenvalue weighted by molar-refractivity contribution is 5.77. The second-order valence-electron chi connectivity index (χ2n) is 19.5. The summed E-state index contributed by atoms with van der Waals surface area (Å²) in [6, 6.07) is 0. The minimum atomic E-state index is -0.674. The summed E-state index contributed by atoms with van der Waals surface area (Å²) in [5.41, 5.74) is 7.99. The number of unbranched alkanes of at least 4 members (excludes halogenated alkanes) is 10. The first-order valence-electron chi connectivity index (χ1n) is 23.3. The van der Waals surface area contributed by atoms with Crippen LogP contribution in [0.1, 0.15) is 202 Å². The molecule has 4 aliphatic rings. The molecule has 0 aromatic heterocycles. The lowest BCUT2D eigenvalue weighted by molar-refractivity contribution is -0.160. The van der Waals surface area contributed by atoms with E-state index in [1.165, 1.54) is 108 Å². The molecule has 4 rings (SSSR count). The summed E-state index contributed by atoms with van der Waals surface area (Å²) in [6.45, 7) is 14.7. The van der Waals surface area contributed by atoms with Crippen molar-refractivity contribution in [1.29, 1.82) is 0 Å². The van der Waals surface area contributed by atoms with Crippen LogP contribution in [-0.4, -0.2) is 43.3 Å². The SMILES string of the molecule is CCCCCCCCCCCCCC(=O)OC(CN)COC(=O)CCC(=O)O[C@H]1CC[C@@]2(C)C(=CC[C@H]3[C@@H]4CC[C@H]([C@H](C)CCCC(C)C)[C@@]4(C)CC[C@@H]32)C1. The Balaban J connectivity index is 1.11. The minimum Gasteiger partial charge on any atom is -0.462 e. The number of nitrogens with two attached hydrogens (primary N) is 1. The van der Waals surface area contributed by atoms with Crippen molar-refractivity contribution < 1.29 is 28.6 Å². The van der Waals surface area contributed by atoms with E-state index in [9.17, 15) is 14.4 Å². The van der Waals surface area contributed by atoms with Gasteiger partial charge in [0.25, 0.3) is 0 Å². The molecule has 55 heavy (non-hydrogen) atoms. The van der Waals surface area contributed by atoms with Gasteiger partial charge in [0.1, 0.15) is 18.8 Å². The molecule has 0 aliphatic heterocycles. The zero-order valence-electron chi connectivity index (χ0n) is 36.3. The van der Waals surface area contributed by atoms with Crippen LogP contribution < -0.4 is 5.73 Å². The van der Waals surface area contributed by atoms with Crippen molar-refractivity contribution in [3.63, 3.8) is 0 Å². The van der Waals surface area contributed by atoms with Crippen molar-refractivity contribution >= 4 is 17.9 Å². The molecule has 0 spiro atoms. The number of rotatable bonds is 25. The van der Waals surface area contributed by atoms with E-state index in [1.807, 2.05) is 0 Å². The summed E-state index contributed by atoms with van der Waals surface area (Å²) < 4.78 is 16.8. The quantitative estimate of drug-likeness (QED) is 0.0426. The smallest absolute Gasteiger partial charge is 0.306 e. The van der Waals surface area contributed by atoms with Gasteiger partial charge in [0.15, 0.2) is 0 Å². The molecular formula is C48H83NO6. The van der Waals surface area contributed by atoms with Crippen LogP contribution in [0.5, 0.6) is 0 Å². The summed E-state index contributed by atoms with van der Waals surface area (Å²) in [4.78, 5) is 37.7. The Morgan fingerprint density at radius 2 is 1.44 bits per heavy atom. The van der Waals surface area contributed by atoms with Gasteiger partial charge in [-0.1, -0.05) is 137 Å². The van der Waals surface area contributed by atoms with E-state index in [-0.39, 0.29) is 49.5 Å². The number of hydrogen-bond acceptors (Lipinski definition) is 7. The second-order valence-corrected chi connectivity index (χ2v) is 19.5. The topological polar surface area (TPSA) is 105 Å². The van der Waals surface area contributed by atoms with Gasteiger partial charge >= 0.3 is 17.9 Å². The first-order valence-corrected chi connectivity index (χ1v) is 23.3. The van der Waals surface area contributed by atoms with E-state index in [1.54, 1.807) is 0 Å². The van der Waals surface area contributed by atoms with Crippen molar-refractivity contribution in [2.45, 2.75) is 214 Å². The Labute approximate surface area is 336 Å². The number of ether oxygens (including phenoxy) is 3. The maximum absolute atomic E-state index is 12.9. The molecule has 0 bridgehead atoms. The molecule has 0 aromatic carbocycles. The Morgan fingerprint density at radius 3 is 2.11 bits per heavy atom. The van der Waals surface area contributed by atoms with Gasteiger partial charge in [-0.05, 0) is 97.7 Å². The van der Waals surface area contributed by atoms with E-state index in [0.717, 1.165) is 74.0 Å². The third kappa shape index (κ3) is 13.3. The van der Waals surface area contributed by atoms with Gasteiger partial charge in [-0.15, -0.1) is 0 Å². The average molecular weight is 770 g/mol. The van der Waals surface area contributed by atoms with Crippen molar-refractivity contribution in [1.82, 2.24) is 0 Å². The number of hydrogen-bond donors (Lipinski definition) is 1. The van der Waals surface area contributed by atoms with E-state index in [4.69, 9.17) is 19.9 Å². The minimum absolute atomic E-state index is 0.0143. The van der Waals surface area contributed by atoms with Gasteiger partial charge < -0.3 is 19.9 Å². The van der Waals surface area contributed by atoms with Gasteiger partial charge in [-0.25, -0.2) is 0 Å². The zero-order valence-corrected chi connectivity index (χ0v) is 36.3. The highest BCUT2D eigenvalue weighted by atomic mass is 16.6. The second kappa shape index (κ2) is 22.9. The fraction of sp³-hybridized carbons (Fsp3) is 0.896. The summed E-state index contributed by atoms with van der Waals surface area (Å²) in [7, 11) is 0. The first kappa shape index (κ1) is 45.8. The molecule has 0 radical (unpaired) electrons. The third-order valence-corrected chi connectivity index (χ3v) is 15.1. The Kier molecular flexibility index (Phi) is 19.1. The molecule has 0 saturated heterocycles. The summed E-state index contributed by atoms with van der Waals surface area (Å²) >= 11 is 0. The molecule has 0 amide bonds. The predicted octanol–water partition coefficient (Wildman–Crippen LogP) is 11.8. The van der Waals surface area contributed by atoms with Crippen LogP contribution in [0.15, 0.2) is 11.6 Å². The zero-order chi connectivity index (χ0) is 39.8. The molecule has 9 atom stereocenters. The van der Waals surface area contributed by atoms with Crippen LogP contribution in [0, 0.1) is 46.3 Å². The van der Waals surface area contributed by atoms with Crippen molar-refractivity contribution in [3.05, 3.63) is 11.6 Å². The number of allylic oxidation sites excluding steroid dienone is 1. The molecule has 0 heterocycles. The van der Waals surface area contributed by atoms with Gasteiger partial charge in [-0.3, -0.25) is 14.4 Å². The third-order valence-electron chi connectivity index (χ3n) is 15.1. The predicted molar refractivity (Wildman–Crippen MR) is 223 cm³/mol. The maximum atomic E-state index is 12.9. The largest absolute Gasteiger partial charge is 0.462 e. The number of esters is 3. The number of fused-ring (bicyclic) bond motifs is 5. The van der Waals surface area contributed by atoms with Crippen molar-refractivity contribution in [2.24, 2.45) is 52.1 Å². The van der Waals surface area contributed by atoms with Gasteiger partial charge in [-0.2, -0.15) is 0 Å². The summed E-state index contributed by atoms with van der Waals surface area (Å²) in [5.74, 6) is 3.68. The molecule has 7 nitrogen and oxygen atoms in total. The highest BCUT2D eigenvalue weighted by Crippen LogP contribution is 2.67. The van der Waals surface area contributed by atoms with Crippen LogP contribution in [-0.2, 0) is 28.6 Å². The van der Waals surface area contributed by atoms with E-state index >= 15 is 0 Å². The van der Waals surface area contributed by atoms with Crippen molar-refractivity contribution in [2.75, 3.05) is 13.2 Å². The molecular weight excluding hydrogens is 687 g/mol. The van der Waals surface area contributed by atoms with Gasteiger partial charge in [0, 0.05) is 19.4 Å².